The fourth-order valence-corrected chi connectivity index (χ4v) is 3.19. The molecule has 1 aromatic heterocycles. The summed E-state index contributed by atoms with van der Waals surface area (Å²) in [5.74, 6) is 0.714. The number of rotatable bonds is 3. The number of pyridine rings is 1. The topological polar surface area (TPSA) is 45.7 Å². The third kappa shape index (κ3) is 2.16. The molecule has 2 aliphatic heterocycles. The summed E-state index contributed by atoms with van der Waals surface area (Å²) in [5, 5.41) is 0. The number of hydrogen-bond acceptors (Lipinski definition) is 4. The van der Waals surface area contributed by atoms with Crippen LogP contribution in [0.25, 0.3) is 0 Å². The van der Waals surface area contributed by atoms with E-state index < -0.39 is 0 Å². The molecular weight excluding hydrogens is 254 g/mol. The maximum atomic E-state index is 12.6. The van der Waals surface area contributed by atoms with Gasteiger partial charge in [-0.1, -0.05) is 0 Å². The zero-order valence-electron chi connectivity index (χ0n) is 12.2. The van der Waals surface area contributed by atoms with Crippen molar-refractivity contribution in [3.8, 4) is 5.75 Å². The molecule has 3 heterocycles. The first-order valence-corrected chi connectivity index (χ1v) is 7.16. The Hall–Kier alpha value is -1.62. The van der Waals surface area contributed by atoms with E-state index in [-0.39, 0.29) is 5.91 Å². The van der Waals surface area contributed by atoms with Crippen molar-refractivity contribution >= 4 is 5.91 Å². The van der Waals surface area contributed by atoms with Gasteiger partial charge in [-0.15, -0.1) is 0 Å². The van der Waals surface area contributed by atoms with Crippen molar-refractivity contribution in [3.05, 3.63) is 24.0 Å². The number of ether oxygens (including phenoxy) is 1. The van der Waals surface area contributed by atoms with E-state index in [1.807, 2.05) is 4.90 Å². The van der Waals surface area contributed by atoms with Gasteiger partial charge in [0.25, 0.3) is 5.91 Å². The third-order valence-corrected chi connectivity index (χ3v) is 4.38. The molecule has 2 fully saturated rings. The van der Waals surface area contributed by atoms with Gasteiger partial charge in [0.2, 0.25) is 0 Å². The molecule has 0 saturated carbocycles. The van der Waals surface area contributed by atoms with Gasteiger partial charge in [-0.3, -0.25) is 14.7 Å². The van der Waals surface area contributed by atoms with Gasteiger partial charge in [-0.25, -0.2) is 0 Å². The second kappa shape index (κ2) is 5.05. The molecule has 0 N–H and O–H groups in total. The van der Waals surface area contributed by atoms with Crippen LogP contribution in [0.5, 0.6) is 5.75 Å². The largest absolute Gasteiger partial charge is 0.495 e. The zero-order chi connectivity index (χ0) is 14.3. The number of likely N-dealkylation sites (tertiary alicyclic amines) is 2. The second-order valence-electron chi connectivity index (χ2n) is 5.92. The van der Waals surface area contributed by atoms with Crippen molar-refractivity contribution in [1.82, 2.24) is 14.8 Å². The lowest BCUT2D eigenvalue weighted by atomic mass is 9.86. The van der Waals surface area contributed by atoms with Crippen molar-refractivity contribution in [2.45, 2.75) is 38.4 Å². The number of aromatic nitrogens is 1. The molecule has 0 radical (unpaired) electrons. The van der Waals surface area contributed by atoms with E-state index in [0.29, 0.717) is 29.4 Å². The molecule has 1 aromatic rings. The Morgan fingerprint density at radius 2 is 2.05 bits per heavy atom. The second-order valence-corrected chi connectivity index (χ2v) is 5.92. The predicted molar refractivity (Wildman–Crippen MR) is 75.9 cm³/mol. The van der Waals surface area contributed by atoms with Crippen LogP contribution in [0, 0.1) is 0 Å². The van der Waals surface area contributed by atoms with Gasteiger partial charge in [0.1, 0.15) is 5.75 Å². The summed E-state index contributed by atoms with van der Waals surface area (Å²) >= 11 is 0. The molecule has 5 nitrogen and oxygen atoms in total. The van der Waals surface area contributed by atoms with Crippen LogP contribution in [-0.2, 0) is 0 Å². The summed E-state index contributed by atoms with van der Waals surface area (Å²) in [5.41, 5.74) is 0.622. The summed E-state index contributed by atoms with van der Waals surface area (Å²) in [4.78, 5) is 21.1. The third-order valence-electron chi connectivity index (χ3n) is 4.38. The number of piperidine rings is 1. The van der Waals surface area contributed by atoms with E-state index in [1.165, 1.54) is 0 Å². The minimum absolute atomic E-state index is 0.0843. The lowest BCUT2D eigenvalue weighted by Gasteiger charge is -2.57. The number of fused-ring (bicyclic) bond motifs is 2. The van der Waals surface area contributed by atoms with Crippen molar-refractivity contribution in [1.29, 1.82) is 0 Å². The van der Waals surface area contributed by atoms with Crippen molar-refractivity contribution in [2.75, 3.05) is 20.2 Å². The highest BCUT2D eigenvalue weighted by Gasteiger charge is 2.47. The Morgan fingerprint density at radius 3 is 2.65 bits per heavy atom. The molecule has 0 aliphatic carbocycles. The molecule has 2 saturated heterocycles. The number of piperazine rings is 1. The van der Waals surface area contributed by atoms with Gasteiger partial charge in [0.05, 0.1) is 18.9 Å². The normalized spacial score (nSPS) is 25.5. The highest BCUT2D eigenvalue weighted by atomic mass is 16.5. The number of carbonyl (C=O) groups excluding carboxylic acids is 1. The Kier molecular flexibility index (Phi) is 3.38. The monoisotopic (exact) mass is 275 g/mol. The lowest BCUT2D eigenvalue weighted by Crippen LogP contribution is -2.70. The van der Waals surface area contributed by atoms with E-state index >= 15 is 0 Å². The van der Waals surface area contributed by atoms with Crippen molar-refractivity contribution in [2.24, 2.45) is 0 Å². The van der Waals surface area contributed by atoms with Crippen molar-refractivity contribution in [3.63, 3.8) is 0 Å². The minimum Gasteiger partial charge on any atom is -0.495 e. The summed E-state index contributed by atoms with van der Waals surface area (Å²) < 4.78 is 5.14. The Labute approximate surface area is 119 Å². The molecule has 108 valence electrons. The molecule has 2 bridgehead atoms. The molecule has 1 amide bonds. The molecule has 2 aliphatic rings. The highest BCUT2D eigenvalue weighted by molar-refractivity contribution is 5.95. The van der Waals surface area contributed by atoms with Gasteiger partial charge in [-0.2, -0.15) is 0 Å². The van der Waals surface area contributed by atoms with Gasteiger partial charge in [-0.05, 0) is 26.3 Å². The van der Waals surface area contributed by atoms with E-state index in [2.05, 4.69) is 23.7 Å². The van der Waals surface area contributed by atoms with Crippen LogP contribution >= 0.6 is 0 Å². The summed E-state index contributed by atoms with van der Waals surface area (Å²) in [6.07, 6.45) is 4.37. The van der Waals surface area contributed by atoms with Crippen LogP contribution in [-0.4, -0.2) is 59.0 Å². The van der Waals surface area contributed by atoms with Crippen LogP contribution in [0.2, 0.25) is 0 Å². The summed E-state index contributed by atoms with van der Waals surface area (Å²) in [6.45, 7) is 6.39. The number of methoxy groups -OCH3 is 1. The average Bonchev–Trinajstić information content (AvgIpc) is 2.47. The Morgan fingerprint density at radius 1 is 1.35 bits per heavy atom. The first kappa shape index (κ1) is 13.4. The fraction of sp³-hybridized carbons (Fsp3) is 0.600. The van der Waals surface area contributed by atoms with Gasteiger partial charge < -0.3 is 9.64 Å². The molecule has 0 aromatic carbocycles. The lowest BCUT2D eigenvalue weighted by molar-refractivity contribution is -0.0563. The molecule has 20 heavy (non-hydrogen) atoms. The first-order valence-electron chi connectivity index (χ1n) is 7.16. The summed E-state index contributed by atoms with van der Waals surface area (Å²) in [7, 11) is 1.59. The maximum absolute atomic E-state index is 12.6. The number of nitrogens with zero attached hydrogens (tertiary/aromatic N) is 3. The van der Waals surface area contributed by atoms with Crippen LogP contribution in [0.3, 0.4) is 0 Å². The molecule has 2 atom stereocenters. The SMILES string of the molecule is COc1cncc(C(=O)N2C3CC2CN(C(C)C)C3)c1. The molecule has 5 heteroatoms. The molecule has 2 unspecified atom stereocenters. The van der Waals surface area contributed by atoms with E-state index in [1.54, 1.807) is 25.6 Å². The van der Waals surface area contributed by atoms with Crippen molar-refractivity contribution < 1.29 is 9.53 Å². The molecular formula is C15H21N3O2. The molecule has 3 rings (SSSR count). The molecule has 0 spiro atoms. The van der Waals surface area contributed by atoms with Crippen LogP contribution in [0.4, 0.5) is 0 Å². The quantitative estimate of drug-likeness (QED) is 0.836. The van der Waals surface area contributed by atoms with Crippen LogP contribution in [0.1, 0.15) is 30.6 Å². The Bertz CT molecular complexity index is 506. The number of amides is 1. The highest BCUT2D eigenvalue weighted by Crippen LogP contribution is 2.34. The first-order chi connectivity index (χ1) is 9.60. The van der Waals surface area contributed by atoms with E-state index in [0.717, 1.165) is 19.5 Å². The zero-order valence-corrected chi connectivity index (χ0v) is 12.2. The fourth-order valence-electron chi connectivity index (χ4n) is 3.19. The van der Waals surface area contributed by atoms with Gasteiger partial charge >= 0.3 is 0 Å². The number of hydrogen-bond donors (Lipinski definition) is 0. The van der Waals surface area contributed by atoms with Crippen LogP contribution < -0.4 is 4.74 Å². The van der Waals surface area contributed by atoms with E-state index in [9.17, 15) is 4.79 Å². The van der Waals surface area contributed by atoms with Gasteiger partial charge in [0.15, 0.2) is 0 Å². The van der Waals surface area contributed by atoms with Gasteiger partial charge in [0, 0.05) is 37.4 Å². The number of carbonyl (C=O) groups is 1. The Balaban J connectivity index is 1.73. The van der Waals surface area contributed by atoms with E-state index in [4.69, 9.17) is 4.74 Å². The summed E-state index contributed by atoms with van der Waals surface area (Å²) in [6, 6.07) is 3.03. The minimum atomic E-state index is 0.0843. The smallest absolute Gasteiger partial charge is 0.256 e. The predicted octanol–water partition coefficient (Wildman–Crippen LogP) is 1.40. The standard InChI is InChI=1S/C15H21N3O2/c1-10(2)17-8-12-5-13(9-17)18(12)15(19)11-4-14(20-3)7-16-6-11/h4,6-7,10,12-13H,5,8-9H2,1-3H3. The maximum Gasteiger partial charge on any atom is 0.256 e. The average molecular weight is 275 g/mol. The van der Waals surface area contributed by atoms with Crippen LogP contribution in [0.15, 0.2) is 18.5 Å².